The number of aromatic nitrogens is 2. The lowest BCUT2D eigenvalue weighted by Crippen LogP contribution is -2.24. The minimum atomic E-state index is -0.00382. The molecule has 1 saturated carbocycles. The van der Waals surface area contributed by atoms with Gasteiger partial charge >= 0.3 is 0 Å². The van der Waals surface area contributed by atoms with Crippen molar-refractivity contribution >= 4 is 17.4 Å². The van der Waals surface area contributed by atoms with Gasteiger partial charge in [0.05, 0.1) is 0 Å². The predicted octanol–water partition coefficient (Wildman–Crippen LogP) is 2.01. The fourth-order valence-corrected chi connectivity index (χ4v) is 1.80. The first-order valence-electron chi connectivity index (χ1n) is 5.70. The summed E-state index contributed by atoms with van der Waals surface area (Å²) in [5.74, 6) is 1.12. The summed E-state index contributed by atoms with van der Waals surface area (Å²) < 4.78 is 1.77. The van der Waals surface area contributed by atoms with E-state index in [1.54, 1.807) is 17.0 Å². The van der Waals surface area contributed by atoms with Gasteiger partial charge in [0.1, 0.15) is 0 Å². The number of alkyl halides is 1. The summed E-state index contributed by atoms with van der Waals surface area (Å²) in [7, 11) is 0. The van der Waals surface area contributed by atoms with Gasteiger partial charge in [0.15, 0.2) is 5.82 Å². The van der Waals surface area contributed by atoms with E-state index in [9.17, 15) is 4.79 Å². The number of rotatable bonds is 6. The largest absolute Gasteiger partial charge is 0.365 e. The molecule has 2 rings (SSSR count). The van der Waals surface area contributed by atoms with Crippen LogP contribution in [0.3, 0.4) is 0 Å². The summed E-state index contributed by atoms with van der Waals surface area (Å²) in [6.07, 6.45) is 7.58. The molecule has 0 aromatic carbocycles. The molecular formula is C11H16ClN3O. The molecule has 0 unspecified atom stereocenters. The smallest absolute Gasteiger partial charge is 0.293 e. The molecule has 0 radical (unpaired) electrons. The molecule has 1 aliphatic carbocycles. The highest BCUT2D eigenvalue weighted by molar-refractivity contribution is 6.17. The van der Waals surface area contributed by atoms with Crippen LogP contribution >= 0.6 is 11.6 Å². The summed E-state index contributed by atoms with van der Waals surface area (Å²) in [4.78, 5) is 16.0. The fraction of sp³-hybridized carbons (Fsp3) is 0.636. The second-order valence-corrected chi connectivity index (χ2v) is 4.42. The number of nitrogens with one attached hydrogen (secondary N) is 1. The molecule has 16 heavy (non-hydrogen) atoms. The van der Waals surface area contributed by atoms with Gasteiger partial charge in [-0.25, -0.2) is 4.98 Å². The highest BCUT2D eigenvalue weighted by Gasteiger charge is 2.25. The number of anilines is 1. The Labute approximate surface area is 99.6 Å². The summed E-state index contributed by atoms with van der Waals surface area (Å²) in [5.41, 5.74) is -0.00382. The lowest BCUT2D eigenvalue weighted by Gasteiger charge is -2.07. The van der Waals surface area contributed by atoms with Gasteiger partial charge in [0, 0.05) is 30.9 Å². The average Bonchev–Trinajstić information content (AvgIpc) is 3.10. The van der Waals surface area contributed by atoms with Crippen molar-refractivity contribution in [2.24, 2.45) is 0 Å². The zero-order valence-electron chi connectivity index (χ0n) is 9.16. The van der Waals surface area contributed by atoms with Crippen molar-refractivity contribution in [1.29, 1.82) is 0 Å². The van der Waals surface area contributed by atoms with Gasteiger partial charge in [-0.2, -0.15) is 0 Å². The van der Waals surface area contributed by atoms with Crippen molar-refractivity contribution in [2.75, 3.05) is 17.7 Å². The standard InChI is InChI=1S/C11H16ClN3O/c12-5-1-2-6-13-10-11(16)15(8-7-14-10)9-3-4-9/h7-9H,1-6H2,(H,13,14). The van der Waals surface area contributed by atoms with Crippen LogP contribution in [0.2, 0.25) is 0 Å². The summed E-state index contributed by atoms with van der Waals surface area (Å²) in [6, 6.07) is 0.402. The van der Waals surface area contributed by atoms with Gasteiger partial charge in [-0.05, 0) is 25.7 Å². The Morgan fingerprint density at radius 2 is 2.31 bits per heavy atom. The molecule has 88 valence electrons. The molecule has 1 aliphatic rings. The molecule has 1 fully saturated rings. The van der Waals surface area contributed by atoms with Crippen molar-refractivity contribution in [3.05, 3.63) is 22.7 Å². The molecule has 1 aromatic heterocycles. The van der Waals surface area contributed by atoms with E-state index in [0.29, 0.717) is 17.7 Å². The average molecular weight is 242 g/mol. The third-order valence-corrected chi connectivity index (χ3v) is 2.93. The van der Waals surface area contributed by atoms with Crippen LogP contribution in [0.25, 0.3) is 0 Å². The maximum Gasteiger partial charge on any atom is 0.293 e. The first kappa shape index (κ1) is 11.5. The second kappa shape index (κ2) is 5.34. The van der Waals surface area contributed by atoms with Crippen molar-refractivity contribution in [1.82, 2.24) is 9.55 Å². The molecule has 0 aliphatic heterocycles. The van der Waals surface area contributed by atoms with Crippen LogP contribution in [0.1, 0.15) is 31.7 Å². The minimum absolute atomic E-state index is 0.00382. The molecule has 0 bridgehead atoms. The Balaban J connectivity index is 1.98. The van der Waals surface area contributed by atoms with Crippen LogP contribution in [-0.4, -0.2) is 22.0 Å². The lowest BCUT2D eigenvalue weighted by molar-refractivity contribution is 0.698. The Kier molecular flexibility index (Phi) is 3.83. The van der Waals surface area contributed by atoms with Gasteiger partial charge < -0.3 is 9.88 Å². The van der Waals surface area contributed by atoms with Crippen molar-refractivity contribution in [3.8, 4) is 0 Å². The first-order valence-corrected chi connectivity index (χ1v) is 6.23. The van der Waals surface area contributed by atoms with E-state index in [0.717, 1.165) is 32.2 Å². The van der Waals surface area contributed by atoms with E-state index < -0.39 is 0 Å². The van der Waals surface area contributed by atoms with E-state index in [1.165, 1.54) is 0 Å². The summed E-state index contributed by atoms with van der Waals surface area (Å²) >= 11 is 5.58. The van der Waals surface area contributed by atoms with Gasteiger partial charge in [0.25, 0.3) is 5.56 Å². The Morgan fingerprint density at radius 3 is 3.00 bits per heavy atom. The van der Waals surface area contributed by atoms with Crippen molar-refractivity contribution < 1.29 is 0 Å². The third-order valence-electron chi connectivity index (χ3n) is 2.66. The molecule has 0 atom stereocenters. The molecule has 4 nitrogen and oxygen atoms in total. The van der Waals surface area contributed by atoms with Crippen LogP contribution < -0.4 is 10.9 Å². The Bertz CT molecular complexity index is 400. The number of hydrogen-bond acceptors (Lipinski definition) is 3. The van der Waals surface area contributed by atoms with Gasteiger partial charge in [-0.15, -0.1) is 11.6 Å². The van der Waals surface area contributed by atoms with Crippen LogP contribution in [-0.2, 0) is 0 Å². The summed E-state index contributed by atoms with van der Waals surface area (Å²) in [6.45, 7) is 0.754. The van der Waals surface area contributed by atoms with Gasteiger partial charge in [-0.1, -0.05) is 0 Å². The lowest BCUT2D eigenvalue weighted by atomic mass is 10.3. The molecule has 1 N–H and O–H groups in total. The molecule has 1 heterocycles. The van der Waals surface area contributed by atoms with Crippen LogP contribution in [0.5, 0.6) is 0 Å². The maximum atomic E-state index is 11.9. The zero-order chi connectivity index (χ0) is 11.4. The van der Waals surface area contributed by atoms with Gasteiger partial charge in [0.2, 0.25) is 0 Å². The van der Waals surface area contributed by atoms with Crippen LogP contribution in [0, 0.1) is 0 Å². The molecule has 0 saturated heterocycles. The number of hydrogen-bond donors (Lipinski definition) is 1. The van der Waals surface area contributed by atoms with E-state index in [2.05, 4.69) is 10.3 Å². The number of nitrogens with zero attached hydrogens (tertiary/aromatic N) is 2. The molecule has 1 aromatic rings. The molecule has 5 heteroatoms. The highest BCUT2D eigenvalue weighted by atomic mass is 35.5. The van der Waals surface area contributed by atoms with Crippen LogP contribution in [0.4, 0.5) is 5.82 Å². The monoisotopic (exact) mass is 241 g/mol. The third kappa shape index (κ3) is 2.76. The fourth-order valence-electron chi connectivity index (χ4n) is 1.61. The molecular weight excluding hydrogens is 226 g/mol. The highest BCUT2D eigenvalue weighted by Crippen LogP contribution is 2.33. The Morgan fingerprint density at radius 1 is 1.50 bits per heavy atom. The zero-order valence-corrected chi connectivity index (χ0v) is 9.91. The quantitative estimate of drug-likeness (QED) is 0.612. The molecule has 0 spiro atoms. The number of unbranched alkanes of at least 4 members (excludes halogenated alkanes) is 1. The van der Waals surface area contributed by atoms with E-state index in [4.69, 9.17) is 11.6 Å². The van der Waals surface area contributed by atoms with Crippen molar-refractivity contribution in [3.63, 3.8) is 0 Å². The molecule has 0 amide bonds. The maximum absolute atomic E-state index is 11.9. The van der Waals surface area contributed by atoms with Crippen molar-refractivity contribution in [2.45, 2.75) is 31.7 Å². The summed E-state index contributed by atoms with van der Waals surface area (Å²) in [5, 5.41) is 3.07. The SMILES string of the molecule is O=c1c(NCCCCCl)nccn1C1CC1. The second-order valence-electron chi connectivity index (χ2n) is 4.04. The Hall–Kier alpha value is -1.03. The van der Waals surface area contributed by atoms with Crippen LogP contribution in [0.15, 0.2) is 17.2 Å². The minimum Gasteiger partial charge on any atom is -0.365 e. The van der Waals surface area contributed by atoms with E-state index in [-0.39, 0.29) is 5.56 Å². The first-order chi connectivity index (χ1) is 7.83. The normalized spacial score (nSPS) is 15.1. The topological polar surface area (TPSA) is 46.9 Å². The number of halogens is 1. The van der Waals surface area contributed by atoms with E-state index >= 15 is 0 Å². The van der Waals surface area contributed by atoms with E-state index in [1.807, 2.05) is 0 Å². The predicted molar refractivity (Wildman–Crippen MR) is 65.2 cm³/mol. The van der Waals surface area contributed by atoms with Gasteiger partial charge in [-0.3, -0.25) is 4.79 Å².